The highest BCUT2D eigenvalue weighted by atomic mass is 16.5. The quantitative estimate of drug-likeness (QED) is 0.216. The first kappa shape index (κ1) is 32.2. The molecule has 8 heteroatoms. The van der Waals surface area contributed by atoms with Gasteiger partial charge in [0.1, 0.15) is 17.0 Å². The molecule has 1 N–H and O–H groups in total. The smallest absolute Gasteiger partial charge is 0.343 e. The molecule has 0 aromatic carbocycles. The Morgan fingerprint density at radius 3 is 2.41 bits per heavy atom. The normalized spacial score (nSPS) is 16.5. The van der Waals surface area contributed by atoms with Crippen LogP contribution >= 0.6 is 0 Å². The Kier molecular flexibility index (Phi) is 12.4. The van der Waals surface area contributed by atoms with E-state index in [0.29, 0.717) is 43.3 Å². The van der Waals surface area contributed by atoms with E-state index in [9.17, 15) is 9.59 Å². The molecule has 0 saturated carbocycles. The molecule has 0 radical (unpaired) electrons. The highest BCUT2D eigenvalue weighted by molar-refractivity contribution is 6.16. The zero-order valence-corrected chi connectivity index (χ0v) is 24.9. The fourth-order valence-electron chi connectivity index (χ4n) is 5.10. The molecular weight excluding hydrogens is 496 g/mol. The van der Waals surface area contributed by atoms with Crippen molar-refractivity contribution in [3.05, 3.63) is 63.3 Å². The highest BCUT2D eigenvalue weighted by Crippen LogP contribution is 2.39. The van der Waals surface area contributed by atoms with Crippen LogP contribution in [0.15, 0.2) is 46.6 Å². The molecule has 0 saturated heterocycles. The van der Waals surface area contributed by atoms with Crippen molar-refractivity contribution in [2.75, 3.05) is 40.6 Å². The third kappa shape index (κ3) is 7.79. The maximum Gasteiger partial charge on any atom is 0.343 e. The number of nitrogens with zero attached hydrogens (tertiary/aromatic N) is 1. The minimum atomic E-state index is -0.639. The van der Waals surface area contributed by atoms with Crippen LogP contribution in [0.3, 0.4) is 0 Å². The standard InChI is InChI=1S/C31H46N2O6/c1-9-21(4)28(22-14-12-15-26(29(22)32)39-17-13-16-36-7)24-18-25(34)23(30(35)38-11-3)19-33(24)27(10-2)31(5,6)20-37-8/h12,14-15,18-19,21,27,32H,9-11,13,16-17,20H2,1-8H3/b28-22+,32-29?. The summed E-state index contributed by atoms with van der Waals surface area (Å²) < 4.78 is 23.9. The number of hydrogen-bond acceptors (Lipinski definition) is 7. The lowest BCUT2D eigenvalue weighted by Gasteiger charge is -2.38. The van der Waals surface area contributed by atoms with Crippen LogP contribution < -0.4 is 5.43 Å². The lowest BCUT2D eigenvalue weighted by Crippen LogP contribution is -2.34. The van der Waals surface area contributed by atoms with Gasteiger partial charge in [-0.05, 0) is 37.3 Å². The summed E-state index contributed by atoms with van der Waals surface area (Å²) in [6, 6.07) is 1.42. The first-order valence-electron chi connectivity index (χ1n) is 13.8. The van der Waals surface area contributed by atoms with E-state index in [1.807, 2.05) is 16.7 Å². The van der Waals surface area contributed by atoms with Gasteiger partial charge >= 0.3 is 5.97 Å². The average molecular weight is 543 g/mol. The molecule has 2 unspecified atom stereocenters. The third-order valence-corrected chi connectivity index (χ3v) is 7.16. The van der Waals surface area contributed by atoms with Gasteiger partial charge in [-0.15, -0.1) is 0 Å². The molecule has 1 aliphatic carbocycles. The Balaban J connectivity index is 2.83. The molecule has 39 heavy (non-hydrogen) atoms. The summed E-state index contributed by atoms with van der Waals surface area (Å²) in [6.07, 6.45) is 9.45. The number of pyridine rings is 1. The highest BCUT2D eigenvalue weighted by Gasteiger charge is 2.34. The van der Waals surface area contributed by atoms with Gasteiger partial charge in [0.15, 0.2) is 5.43 Å². The number of hydrogen-bond donors (Lipinski definition) is 1. The summed E-state index contributed by atoms with van der Waals surface area (Å²) in [6.45, 7) is 13.9. The van der Waals surface area contributed by atoms with Gasteiger partial charge in [-0.25, -0.2) is 4.79 Å². The second kappa shape index (κ2) is 15.0. The van der Waals surface area contributed by atoms with Gasteiger partial charge in [-0.1, -0.05) is 46.8 Å². The van der Waals surface area contributed by atoms with Crippen LogP contribution in [0.1, 0.15) is 82.9 Å². The summed E-state index contributed by atoms with van der Waals surface area (Å²) in [7, 11) is 3.32. The Morgan fingerprint density at radius 2 is 1.82 bits per heavy atom. The zero-order chi connectivity index (χ0) is 29.2. The summed E-state index contributed by atoms with van der Waals surface area (Å²) in [5.41, 5.74) is 1.78. The molecule has 2 atom stereocenters. The second-order valence-electron chi connectivity index (χ2n) is 10.5. The summed E-state index contributed by atoms with van der Waals surface area (Å²) in [5, 5.41) is 9.05. The van der Waals surface area contributed by atoms with Crippen molar-refractivity contribution in [2.24, 2.45) is 11.3 Å². The number of aromatic nitrogens is 1. The van der Waals surface area contributed by atoms with Crippen molar-refractivity contribution in [1.29, 1.82) is 5.41 Å². The van der Waals surface area contributed by atoms with E-state index in [1.54, 1.807) is 33.4 Å². The molecule has 1 aromatic rings. The molecule has 1 heterocycles. The van der Waals surface area contributed by atoms with E-state index in [-0.39, 0.29) is 35.3 Å². The number of methoxy groups -OCH3 is 2. The largest absolute Gasteiger partial charge is 0.491 e. The fraction of sp³-hybridized carbons (Fsp3) is 0.581. The van der Waals surface area contributed by atoms with Crippen LogP contribution in [0.25, 0.3) is 5.57 Å². The maximum atomic E-state index is 13.4. The van der Waals surface area contributed by atoms with Crippen molar-refractivity contribution in [3.63, 3.8) is 0 Å². The first-order chi connectivity index (χ1) is 18.6. The van der Waals surface area contributed by atoms with E-state index < -0.39 is 11.4 Å². The predicted octanol–water partition coefficient (Wildman–Crippen LogP) is 5.97. The van der Waals surface area contributed by atoms with E-state index in [2.05, 4.69) is 34.6 Å². The Morgan fingerprint density at radius 1 is 1.10 bits per heavy atom. The minimum Gasteiger partial charge on any atom is -0.491 e. The summed E-state index contributed by atoms with van der Waals surface area (Å²) in [5.74, 6) is -0.145. The van der Waals surface area contributed by atoms with Gasteiger partial charge in [0.2, 0.25) is 0 Å². The third-order valence-electron chi connectivity index (χ3n) is 7.16. The molecule has 0 aliphatic heterocycles. The van der Waals surface area contributed by atoms with E-state index in [0.717, 1.165) is 18.4 Å². The van der Waals surface area contributed by atoms with Crippen LogP contribution in [0, 0.1) is 16.7 Å². The van der Waals surface area contributed by atoms with Crippen LogP contribution in [0.4, 0.5) is 0 Å². The summed E-state index contributed by atoms with van der Waals surface area (Å²) >= 11 is 0. The molecule has 8 nitrogen and oxygen atoms in total. The zero-order valence-electron chi connectivity index (χ0n) is 24.9. The molecule has 216 valence electrons. The topological polar surface area (TPSA) is 99.8 Å². The maximum absolute atomic E-state index is 13.4. The first-order valence-corrected chi connectivity index (χ1v) is 13.8. The number of rotatable bonds is 15. The average Bonchev–Trinajstić information content (AvgIpc) is 2.89. The van der Waals surface area contributed by atoms with Crippen molar-refractivity contribution >= 4 is 17.3 Å². The monoisotopic (exact) mass is 542 g/mol. The molecule has 1 aromatic heterocycles. The number of esters is 1. The lowest BCUT2D eigenvalue weighted by molar-refractivity contribution is 0.0515. The molecular formula is C31H46N2O6. The fourth-order valence-corrected chi connectivity index (χ4v) is 5.10. The van der Waals surface area contributed by atoms with Crippen LogP contribution in [0.5, 0.6) is 0 Å². The van der Waals surface area contributed by atoms with Gasteiger partial charge in [-0.2, -0.15) is 0 Å². The van der Waals surface area contributed by atoms with Crippen LogP contribution in [-0.4, -0.2) is 56.9 Å². The van der Waals surface area contributed by atoms with Gasteiger partial charge < -0.3 is 23.5 Å². The molecule has 1 aliphatic rings. The Labute approximate surface area is 233 Å². The van der Waals surface area contributed by atoms with Crippen LogP contribution in [-0.2, 0) is 18.9 Å². The number of carbonyl (C=O) groups excluding carboxylic acids is 1. The molecule has 0 amide bonds. The molecule has 0 fully saturated rings. The van der Waals surface area contributed by atoms with Gasteiger partial charge in [0.05, 0.1) is 19.8 Å². The minimum absolute atomic E-state index is 0.00269. The van der Waals surface area contributed by atoms with E-state index in [1.165, 1.54) is 6.07 Å². The van der Waals surface area contributed by atoms with Crippen molar-refractivity contribution in [2.45, 2.75) is 66.8 Å². The van der Waals surface area contributed by atoms with E-state index >= 15 is 0 Å². The number of ether oxygens (including phenoxy) is 4. The number of allylic oxidation sites excluding steroid dienone is 5. The lowest BCUT2D eigenvalue weighted by atomic mass is 9.81. The van der Waals surface area contributed by atoms with Crippen molar-refractivity contribution in [3.8, 4) is 0 Å². The molecule has 0 spiro atoms. The number of nitrogens with one attached hydrogen (secondary N) is 1. The second-order valence-corrected chi connectivity index (χ2v) is 10.5. The van der Waals surface area contributed by atoms with Crippen molar-refractivity contribution in [1.82, 2.24) is 4.57 Å². The van der Waals surface area contributed by atoms with Crippen molar-refractivity contribution < 1.29 is 23.7 Å². The Bertz CT molecular complexity index is 1160. The van der Waals surface area contributed by atoms with Gasteiger partial charge in [-0.3, -0.25) is 10.2 Å². The summed E-state index contributed by atoms with van der Waals surface area (Å²) in [4.78, 5) is 26.1. The SMILES string of the molecule is CCOC(=O)c1cn(C(CC)C(C)(C)COC)c(/C(=C2\C=CC=C(OCCCOC)C2=N)C(C)CC)cc1=O. The Hall–Kier alpha value is -2.97. The van der Waals surface area contributed by atoms with Gasteiger partial charge in [0.25, 0.3) is 0 Å². The van der Waals surface area contributed by atoms with Gasteiger partial charge in [0, 0.05) is 62.2 Å². The number of carbonyl (C=O) groups is 1. The molecule has 0 bridgehead atoms. The van der Waals surface area contributed by atoms with E-state index in [4.69, 9.17) is 24.4 Å². The molecule has 2 rings (SSSR count). The predicted molar refractivity (Wildman–Crippen MR) is 155 cm³/mol. The van der Waals surface area contributed by atoms with Crippen LogP contribution in [0.2, 0.25) is 0 Å².